The molecule has 1 fully saturated rings. The van der Waals surface area contributed by atoms with E-state index in [1.807, 2.05) is 13.8 Å². The van der Waals surface area contributed by atoms with Crippen molar-refractivity contribution in [2.75, 3.05) is 19.6 Å². The van der Waals surface area contributed by atoms with E-state index >= 15 is 0 Å². The Labute approximate surface area is 127 Å². The second-order valence-corrected chi connectivity index (χ2v) is 5.86. The van der Waals surface area contributed by atoms with Crippen molar-refractivity contribution in [1.29, 1.82) is 0 Å². The number of likely N-dealkylation sites (tertiary alicyclic amines) is 1. The Morgan fingerprint density at radius 2 is 1.90 bits per heavy atom. The van der Waals surface area contributed by atoms with Gasteiger partial charge in [0.15, 0.2) is 5.84 Å². The molecule has 122 valence electrons. The topological polar surface area (TPSA) is 91.0 Å². The molecule has 0 aromatic rings. The van der Waals surface area contributed by atoms with Crippen molar-refractivity contribution in [3.05, 3.63) is 0 Å². The van der Waals surface area contributed by atoms with Crippen molar-refractivity contribution in [2.45, 2.75) is 58.9 Å². The molecule has 0 saturated carbocycles. The third-order valence-corrected chi connectivity index (χ3v) is 4.70. The lowest BCUT2D eigenvalue weighted by Crippen LogP contribution is -2.53. The summed E-state index contributed by atoms with van der Waals surface area (Å²) in [5.41, 5.74) is 4.88. The number of nitrogens with two attached hydrogens (primary N) is 1. The maximum absolute atomic E-state index is 12.6. The summed E-state index contributed by atoms with van der Waals surface area (Å²) in [6.07, 6.45) is 4.14. The molecule has 0 aromatic carbocycles. The molecule has 1 heterocycles. The molecule has 0 atom stereocenters. The fourth-order valence-electron chi connectivity index (χ4n) is 3.09. The molecule has 1 rings (SSSR count). The predicted molar refractivity (Wildman–Crippen MR) is 84.3 cm³/mol. The Morgan fingerprint density at radius 1 is 1.33 bits per heavy atom. The van der Waals surface area contributed by atoms with E-state index in [0.717, 1.165) is 38.9 Å². The number of carbonyl (C=O) groups is 1. The first-order valence-corrected chi connectivity index (χ1v) is 8.05. The second kappa shape index (κ2) is 8.22. The molecule has 21 heavy (non-hydrogen) atoms. The zero-order chi connectivity index (χ0) is 15.9. The van der Waals surface area contributed by atoms with Gasteiger partial charge < -0.3 is 21.2 Å². The maximum Gasteiger partial charge on any atom is 0.234 e. The Hall–Kier alpha value is -1.30. The maximum atomic E-state index is 12.6. The molecule has 0 bridgehead atoms. The van der Waals surface area contributed by atoms with Gasteiger partial charge in [0, 0.05) is 19.1 Å². The Kier molecular flexibility index (Phi) is 6.95. The van der Waals surface area contributed by atoms with E-state index in [1.165, 1.54) is 0 Å². The number of rotatable bonds is 7. The van der Waals surface area contributed by atoms with Crippen LogP contribution in [-0.2, 0) is 4.79 Å². The summed E-state index contributed by atoms with van der Waals surface area (Å²) in [7, 11) is 0. The average Bonchev–Trinajstić information content (AvgIpc) is 2.51. The first kappa shape index (κ1) is 17.8. The fourth-order valence-corrected chi connectivity index (χ4v) is 3.09. The number of hydrogen-bond acceptors (Lipinski definition) is 4. The zero-order valence-electron chi connectivity index (χ0n) is 13.6. The van der Waals surface area contributed by atoms with Crippen LogP contribution < -0.4 is 11.1 Å². The van der Waals surface area contributed by atoms with E-state index in [0.29, 0.717) is 12.8 Å². The SMILES string of the molecule is CCCN1CCC(NC(=O)C(CC)(CC)C(N)=NO)CC1. The lowest BCUT2D eigenvalue weighted by atomic mass is 9.79. The van der Waals surface area contributed by atoms with Crippen molar-refractivity contribution >= 4 is 11.7 Å². The van der Waals surface area contributed by atoms with E-state index < -0.39 is 5.41 Å². The molecule has 1 saturated heterocycles. The smallest absolute Gasteiger partial charge is 0.234 e. The third kappa shape index (κ3) is 4.09. The van der Waals surface area contributed by atoms with Crippen molar-refractivity contribution in [2.24, 2.45) is 16.3 Å². The monoisotopic (exact) mass is 298 g/mol. The van der Waals surface area contributed by atoms with Crippen LogP contribution in [0, 0.1) is 5.41 Å². The normalized spacial score (nSPS) is 18.7. The van der Waals surface area contributed by atoms with Gasteiger partial charge in [-0.15, -0.1) is 0 Å². The van der Waals surface area contributed by atoms with Gasteiger partial charge in [0.1, 0.15) is 5.41 Å². The molecule has 1 aliphatic rings. The molecular weight excluding hydrogens is 268 g/mol. The second-order valence-electron chi connectivity index (χ2n) is 5.86. The van der Waals surface area contributed by atoms with Gasteiger partial charge in [-0.25, -0.2) is 0 Å². The summed E-state index contributed by atoms with van der Waals surface area (Å²) < 4.78 is 0. The number of piperidine rings is 1. The van der Waals surface area contributed by atoms with Crippen LogP contribution in [0.4, 0.5) is 0 Å². The van der Waals surface area contributed by atoms with Gasteiger partial charge in [-0.05, 0) is 38.6 Å². The standard InChI is InChI=1S/C15H30N4O2/c1-4-9-19-10-7-12(8-11-19)17-14(20)15(5-2,6-3)13(16)18-21/h12,21H,4-11H2,1-3H3,(H2,16,18)(H,17,20). The minimum Gasteiger partial charge on any atom is -0.409 e. The van der Waals surface area contributed by atoms with Gasteiger partial charge in [0.05, 0.1) is 0 Å². The van der Waals surface area contributed by atoms with Crippen LogP contribution in [0.2, 0.25) is 0 Å². The van der Waals surface area contributed by atoms with E-state index in [-0.39, 0.29) is 17.8 Å². The first-order valence-electron chi connectivity index (χ1n) is 8.05. The summed E-state index contributed by atoms with van der Waals surface area (Å²) in [6, 6.07) is 0.189. The van der Waals surface area contributed by atoms with Crippen LogP contribution in [0.15, 0.2) is 5.16 Å². The minimum absolute atomic E-state index is 0.00780. The van der Waals surface area contributed by atoms with Gasteiger partial charge in [0.25, 0.3) is 0 Å². The van der Waals surface area contributed by atoms with E-state index in [2.05, 4.69) is 22.3 Å². The molecule has 0 aromatic heterocycles. The molecule has 0 radical (unpaired) electrons. The summed E-state index contributed by atoms with van der Waals surface area (Å²) >= 11 is 0. The lowest BCUT2D eigenvalue weighted by Gasteiger charge is -2.35. The van der Waals surface area contributed by atoms with Crippen molar-refractivity contribution in [3.63, 3.8) is 0 Å². The number of amidine groups is 1. The number of hydrogen-bond donors (Lipinski definition) is 3. The number of oxime groups is 1. The molecule has 1 aliphatic heterocycles. The van der Waals surface area contributed by atoms with Gasteiger partial charge in [-0.1, -0.05) is 25.9 Å². The summed E-state index contributed by atoms with van der Waals surface area (Å²) in [5.74, 6) is -0.106. The number of carbonyl (C=O) groups excluding carboxylic acids is 1. The molecule has 6 heteroatoms. The van der Waals surface area contributed by atoms with Crippen LogP contribution >= 0.6 is 0 Å². The van der Waals surface area contributed by atoms with Crippen molar-refractivity contribution in [1.82, 2.24) is 10.2 Å². The molecule has 0 unspecified atom stereocenters. The predicted octanol–water partition coefficient (Wildman–Crippen LogP) is 1.53. The van der Waals surface area contributed by atoms with Gasteiger partial charge in [0.2, 0.25) is 5.91 Å². The van der Waals surface area contributed by atoms with Crippen LogP contribution in [-0.4, -0.2) is 47.5 Å². The minimum atomic E-state index is -0.894. The fraction of sp³-hybridized carbons (Fsp3) is 0.867. The number of nitrogens with one attached hydrogen (secondary N) is 1. The largest absolute Gasteiger partial charge is 0.409 e. The van der Waals surface area contributed by atoms with Crippen molar-refractivity contribution < 1.29 is 10.0 Å². The molecule has 1 amide bonds. The molecule has 0 spiro atoms. The summed E-state index contributed by atoms with van der Waals surface area (Å²) in [6.45, 7) is 9.14. The highest BCUT2D eigenvalue weighted by Gasteiger charge is 2.40. The highest BCUT2D eigenvalue weighted by Crippen LogP contribution is 2.27. The first-order chi connectivity index (χ1) is 10.0. The lowest BCUT2D eigenvalue weighted by molar-refractivity contribution is -0.129. The average molecular weight is 298 g/mol. The van der Waals surface area contributed by atoms with E-state index in [4.69, 9.17) is 10.9 Å². The molecule has 0 aliphatic carbocycles. The summed E-state index contributed by atoms with van der Waals surface area (Å²) in [5, 5.41) is 15.1. The highest BCUT2D eigenvalue weighted by molar-refractivity contribution is 6.06. The Morgan fingerprint density at radius 3 is 2.33 bits per heavy atom. The van der Waals surface area contributed by atoms with Crippen molar-refractivity contribution in [3.8, 4) is 0 Å². The Bertz CT molecular complexity index is 359. The number of amides is 1. The van der Waals surface area contributed by atoms with Crippen LogP contribution in [0.25, 0.3) is 0 Å². The van der Waals surface area contributed by atoms with Crippen LogP contribution in [0.5, 0.6) is 0 Å². The van der Waals surface area contributed by atoms with Gasteiger partial charge >= 0.3 is 0 Å². The quantitative estimate of drug-likeness (QED) is 0.288. The summed E-state index contributed by atoms with van der Waals surface area (Å²) in [4.78, 5) is 15.0. The van der Waals surface area contributed by atoms with Crippen LogP contribution in [0.1, 0.15) is 52.9 Å². The Balaban J connectivity index is 2.63. The number of nitrogens with zero attached hydrogens (tertiary/aromatic N) is 2. The zero-order valence-corrected chi connectivity index (χ0v) is 13.6. The third-order valence-electron chi connectivity index (χ3n) is 4.70. The van der Waals surface area contributed by atoms with Crippen LogP contribution in [0.3, 0.4) is 0 Å². The van der Waals surface area contributed by atoms with E-state index in [1.54, 1.807) is 0 Å². The molecule has 6 nitrogen and oxygen atoms in total. The molecule has 4 N–H and O–H groups in total. The van der Waals surface area contributed by atoms with Gasteiger partial charge in [-0.3, -0.25) is 4.79 Å². The van der Waals surface area contributed by atoms with Gasteiger partial charge in [-0.2, -0.15) is 0 Å². The van der Waals surface area contributed by atoms with E-state index in [9.17, 15) is 4.79 Å². The highest BCUT2D eigenvalue weighted by atomic mass is 16.4. The molecular formula is C15H30N4O2.